The van der Waals surface area contributed by atoms with Crippen molar-refractivity contribution in [1.29, 1.82) is 0 Å². The summed E-state index contributed by atoms with van der Waals surface area (Å²) in [5.41, 5.74) is 1.13. The number of carbonyl (C=O) groups is 1. The Hall–Kier alpha value is -0.700. The van der Waals surface area contributed by atoms with E-state index in [1.807, 2.05) is 20.8 Å². The summed E-state index contributed by atoms with van der Waals surface area (Å²) in [5, 5.41) is 3.19. The molecule has 3 heteroatoms. The lowest BCUT2D eigenvalue weighted by Crippen LogP contribution is -2.06. The molecule has 0 atom stereocenters. The summed E-state index contributed by atoms with van der Waals surface area (Å²) in [7, 11) is 0. The van der Waals surface area contributed by atoms with Crippen LogP contribution >= 0.6 is 11.3 Å². The van der Waals surface area contributed by atoms with Crippen LogP contribution in [0.4, 0.5) is 0 Å². The molecular weight excluding hydrogens is 194 g/mol. The quantitative estimate of drug-likeness (QED) is 0.749. The Kier molecular flexibility index (Phi) is 4.26. The Morgan fingerprint density at radius 3 is 2.79 bits per heavy atom. The van der Waals surface area contributed by atoms with Gasteiger partial charge in [-0.3, -0.25) is 4.79 Å². The highest BCUT2D eigenvalue weighted by Gasteiger charge is 2.07. The number of carbonyl (C=O) groups excluding carboxylic acids is 1. The second-order valence-corrected chi connectivity index (χ2v) is 4.89. The van der Waals surface area contributed by atoms with Crippen molar-refractivity contribution in [2.24, 2.45) is 5.92 Å². The number of Topliss-reactive ketones (excluding diaryl/α,β-unsaturated/α-hetero) is 1. The van der Waals surface area contributed by atoms with Crippen LogP contribution in [-0.2, 0) is 11.2 Å². The summed E-state index contributed by atoms with van der Waals surface area (Å²) < 4.78 is 0. The van der Waals surface area contributed by atoms with E-state index < -0.39 is 0 Å². The van der Waals surface area contributed by atoms with Gasteiger partial charge >= 0.3 is 0 Å². The molecule has 0 aromatic carbocycles. The average molecular weight is 211 g/mol. The van der Waals surface area contributed by atoms with E-state index in [-0.39, 0.29) is 5.92 Å². The second kappa shape index (κ2) is 5.25. The van der Waals surface area contributed by atoms with Crippen molar-refractivity contribution in [2.75, 3.05) is 0 Å². The summed E-state index contributed by atoms with van der Waals surface area (Å²) in [5.74, 6) is 0.532. The Balaban J connectivity index is 2.25. The second-order valence-electron chi connectivity index (χ2n) is 3.83. The summed E-state index contributed by atoms with van der Waals surface area (Å²) in [6.07, 6.45) is 2.55. The van der Waals surface area contributed by atoms with E-state index in [2.05, 4.69) is 10.4 Å². The molecule has 0 aliphatic carbocycles. The molecule has 78 valence electrons. The maximum atomic E-state index is 11.3. The molecular formula is C11H17NOS. The van der Waals surface area contributed by atoms with Crippen LogP contribution in [0.1, 0.15) is 37.4 Å². The fraction of sp³-hybridized carbons (Fsp3) is 0.636. The molecule has 0 bridgehead atoms. The van der Waals surface area contributed by atoms with Crippen LogP contribution in [0.25, 0.3) is 0 Å². The van der Waals surface area contributed by atoms with Crippen LogP contribution in [0, 0.1) is 12.8 Å². The maximum absolute atomic E-state index is 11.3. The summed E-state index contributed by atoms with van der Waals surface area (Å²) in [6, 6.07) is 0. The molecule has 0 amide bonds. The van der Waals surface area contributed by atoms with Crippen molar-refractivity contribution < 1.29 is 4.79 Å². The first-order chi connectivity index (χ1) is 6.59. The maximum Gasteiger partial charge on any atom is 0.135 e. The first kappa shape index (κ1) is 11.4. The van der Waals surface area contributed by atoms with Crippen LogP contribution in [0.3, 0.4) is 0 Å². The predicted molar refractivity (Wildman–Crippen MR) is 59.6 cm³/mol. The lowest BCUT2D eigenvalue weighted by Gasteiger charge is -2.02. The van der Waals surface area contributed by atoms with Crippen LogP contribution in [0.5, 0.6) is 0 Å². The molecule has 0 N–H and O–H groups in total. The number of thiazole rings is 1. The number of aryl methyl sites for hydroxylation is 2. The van der Waals surface area contributed by atoms with Gasteiger partial charge in [0.1, 0.15) is 5.78 Å². The molecule has 0 spiro atoms. The molecule has 0 unspecified atom stereocenters. The Morgan fingerprint density at radius 1 is 1.57 bits per heavy atom. The monoisotopic (exact) mass is 211 g/mol. The van der Waals surface area contributed by atoms with Gasteiger partial charge in [-0.2, -0.15) is 0 Å². The number of nitrogens with zero attached hydrogens (tertiary/aromatic N) is 1. The van der Waals surface area contributed by atoms with E-state index in [0.717, 1.165) is 23.5 Å². The van der Waals surface area contributed by atoms with Gasteiger partial charge in [-0.05, 0) is 19.8 Å². The van der Waals surface area contributed by atoms with Gasteiger partial charge in [0.25, 0.3) is 0 Å². The molecule has 1 rings (SSSR count). The molecule has 0 radical (unpaired) electrons. The van der Waals surface area contributed by atoms with Crippen LogP contribution < -0.4 is 0 Å². The normalized spacial score (nSPS) is 10.9. The first-order valence-electron chi connectivity index (χ1n) is 5.03. The summed E-state index contributed by atoms with van der Waals surface area (Å²) >= 11 is 1.67. The summed E-state index contributed by atoms with van der Waals surface area (Å²) in [4.78, 5) is 15.7. The van der Waals surface area contributed by atoms with Gasteiger partial charge < -0.3 is 0 Å². The minimum Gasteiger partial charge on any atom is -0.299 e. The van der Waals surface area contributed by atoms with Crippen LogP contribution in [0.2, 0.25) is 0 Å². The van der Waals surface area contributed by atoms with Crippen molar-refractivity contribution in [1.82, 2.24) is 4.98 Å². The third-order valence-electron chi connectivity index (χ3n) is 2.17. The van der Waals surface area contributed by atoms with Crippen molar-refractivity contribution in [3.63, 3.8) is 0 Å². The largest absolute Gasteiger partial charge is 0.299 e. The Morgan fingerprint density at radius 2 is 2.29 bits per heavy atom. The fourth-order valence-corrected chi connectivity index (χ4v) is 1.90. The van der Waals surface area contributed by atoms with Gasteiger partial charge in [0, 0.05) is 17.7 Å². The zero-order chi connectivity index (χ0) is 10.6. The van der Waals surface area contributed by atoms with Crippen LogP contribution in [0.15, 0.2) is 5.38 Å². The van der Waals surface area contributed by atoms with Crippen molar-refractivity contribution in [3.8, 4) is 0 Å². The lowest BCUT2D eigenvalue weighted by molar-refractivity contribution is -0.121. The lowest BCUT2D eigenvalue weighted by atomic mass is 10.0. The highest BCUT2D eigenvalue weighted by atomic mass is 32.1. The Bertz CT molecular complexity index is 304. The van der Waals surface area contributed by atoms with Crippen molar-refractivity contribution >= 4 is 17.1 Å². The van der Waals surface area contributed by atoms with Gasteiger partial charge in [0.05, 0.1) is 10.7 Å². The number of hydrogen-bond acceptors (Lipinski definition) is 3. The molecule has 1 aromatic rings. The van der Waals surface area contributed by atoms with Crippen LogP contribution in [-0.4, -0.2) is 10.8 Å². The molecule has 0 saturated carbocycles. The fourth-order valence-electron chi connectivity index (χ4n) is 1.26. The van der Waals surface area contributed by atoms with Gasteiger partial charge in [0.2, 0.25) is 0 Å². The molecule has 2 nitrogen and oxygen atoms in total. The van der Waals surface area contributed by atoms with Gasteiger partial charge in [-0.15, -0.1) is 11.3 Å². The third-order valence-corrected chi connectivity index (χ3v) is 2.99. The first-order valence-corrected chi connectivity index (χ1v) is 5.91. The van der Waals surface area contributed by atoms with Crippen molar-refractivity contribution in [2.45, 2.75) is 40.0 Å². The van der Waals surface area contributed by atoms with E-state index >= 15 is 0 Å². The molecule has 0 aliphatic rings. The topological polar surface area (TPSA) is 30.0 Å². The number of ketones is 1. The molecule has 0 aliphatic heterocycles. The smallest absolute Gasteiger partial charge is 0.135 e. The minimum absolute atomic E-state index is 0.173. The molecule has 1 aromatic heterocycles. The van der Waals surface area contributed by atoms with E-state index in [1.54, 1.807) is 11.3 Å². The number of hydrogen-bond donors (Lipinski definition) is 0. The van der Waals surface area contributed by atoms with E-state index in [1.165, 1.54) is 0 Å². The highest BCUT2D eigenvalue weighted by Crippen LogP contribution is 2.11. The van der Waals surface area contributed by atoms with Gasteiger partial charge in [0.15, 0.2) is 0 Å². The minimum atomic E-state index is 0.173. The molecule has 0 fully saturated rings. The average Bonchev–Trinajstić information content (AvgIpc) is 2.51. The van der Waals surface area contributed by atoms with Gasteiger partial charge in [-0.1, -0.05) is 13.8 Å². The van der Waals surface area contributed by atoms with E-state index in [4.69, 9.17) is 0 Å². The number of rotatable bonds is 5. The summed E-state index contributed by atoms with van der Waals surface area (Å²) in [6.45, 7) is 5.91. The highest BCUT2D eigenvalue weighted by molar-refractivity contribution is 7.09. The Labute approximate surface area is 89.4 Å². The van der Waals surface area contributed by atoms with E-state index in [0.29, 0.717) is 12.2 Å². The molecule has 0 saturated heterocycles. The zero-order valence-corrected chi connectivity index (χ0v) is 9.86. The predicted octanol–water partition coefficient (Wildman–Crippen LogP) is 3.00. The number of aromatic nitrogens is 1. The van der Waals surface area contributed by atoms with E-state index in [9.17, 15) is 4.79 Å². The zero-order valence-electron chi connectivity index (χ0n) is 9.04. The van der Waals surface area contributed by atoms with Crippen molar-refractivity contribution in [3.05, 3.63) is 16.1 Å². The SMILES string of the molecule is Cc1nc(CCCC(=O)C(C)C)cs1. The standard InChI is InChI=1S/C11H17NOS/c1-8(2)11(13)6-4-5-10-7-14-9(3)12-10/h7-8H,4-6H2,1-3H3. The van der Waals surface area contributed by atoms with Gasteiger partial charge in [-0.25, -0.2) is 4.98 Å². The molecule has 14 heavy (non-hydrogen) atoms. The molecule has 1 heterocycles. The third kappa shape index (κ3) is 3.58.